The molecule has 0 unspecified atom stereocenters. The van der Waals surface area contributed by atoms with E-state index >= 15 is 0 Å². The molecule has 0 spiro atoms. The summed E-state index contributed by atoms with van der Waals surface area (Å²) in [5.74, 6) is -0.211. The zero-order valence-electron chi connectivity index (χ0n) is 14.5. The van der Waals surface area contributed by atoms with E-state index in [1.807, 2.05) is 6.26 Å². The fourth-order valence-electron chi connectivity index (χ4n) is 1.98. The van der Waals surface area contributed by atoms with Gasteiger partial charge in [0, 0.05) is 18.3 Å². The van der Waals surface area contributed by atoms with Gasteiger partial charge in [0.25, 0.3) is 5.91 Å². The smallest absolute Gasteiger partial charge is 0.341 e. The van der Waals surface area contributed by atoms with Crippen molar-refractivity contribution in [1.29, 1.82) is 0 Å². The molecule has 0 saturated carbocycles. The Morgan fingerprint density at radius 3 is 2.65 bits per heavy atom. The van der Waals surface area contributed by atoms with Gasteiger partial charge < -0.3 is 14.4 Å². The maximum atomic E-state index is 12.1. The maximum Gasteiger partial charge on any atom is 0.341 e. The van der Waals surface area contributed by atoms with Crippen LogP contribution in [0.3, 0.4) is 0 Å². The third-order valence-electron chi connectivity index (χ3n) is 3.45. The quantitative estimate of drug-likeness (QED) is 0.506. The first kappa shape index (κ1) is 20.1. The Labute approximate surface area is 161 Å². The predicted octanol–water partition coefficient (Wildman–Crippen LogP) is 3.15. The van der Waals surface area contributed by atoms with Gasteiger partial charge in [0.1, 0.15) is 17.4 Å². The number of carbonyl (C=O) groups is 2. The average molecular weight is 395 g/mol. The van der Waals surface area contributed by atoms with Crippen LogP contribution in [0.2, 0.25) is 5.02 Å². The summed E-state index contributed by atoms with van der Waals surface area (Å²) in [4.78, 5) is 29.7. The molecule has 0 aliphatic heterocycles. The zero-order chi connectivity index (χ0) is 18.9. The van der Waals surface area contributed by atoms with E-state index in [2.05, 4.69) is 4.98 Å². The number of amides is 1. The number of likely N-dealkylation sites (N-methyl/N-ethyl adjacent to an activating group) is 1. The lowest BCUT2D eigenvalue weighted by Crippen LogP contribution is -2.34. The van der Waals surface area contributed by atoms with Crippen molar-refractivity contribution in [2.24, 2.45) is 0 Å². The first-order valence-corrected chi connectivity index (χ1v) is 9.40. The number of benzene rings is 1. The summed E-state index contributed by atoms with van der Waals surface area (Å²) in [5.41, 5.74) is 0.349. The van der Waals surface area contributed by atoms with Crippen molar-refractivity contribution in [3.8, 4) is 5.75 Å². The number of ether oxygens (including phenoxy) is 2. The molecule has 2 rings (SSSR count). The number of halogens is 1. The molecule has 0 bridgehead atoms. The number of hydrogen-bond donors (Lipinski definition) is 0. The lowest BCUT2D eigenvalue weighted by Gasteiger charge is -2.17. The van der Waals surface area contributed by atoms with Crippen LogP contribution in [0.1, 0.15) is 10.4 Å². The molecule has 0 saturated heterocycles. The molecule has 1 aromatic carbocycles. The van der Waals surface area contributed by atoms with Crippen molar-refractivity contribution in [3.05, 3.63) is 53.2 Å². The van der Waals surface area contributed by atoms with Gasteiger partial charge in [-0.2, -0.15) is 0 Å². The van der Waals surface area contributed by atoms with Gasteiger partial charge in [0.05, 0.1) is 12.1 Å². The monoisotopic (exact) mass is 394 g/mol. The lowest BCUT2D eigenvalue weighted by atomic mass is 10.3. The summed E-state index contributed by atoms with van der Waals surface area (Å²) in [6, 6.07) is 10.2. The van der Waals surface area contributed by atoms with E-state index in [1.165, 1.54) is 16.7 Å². The number of carbonyl (C=O) groups excluding carboxylic acids is 2. The lowest BCUT2D eigenvalue weighted by molar-refractivity contribution is -0.133. The molecule has 1 amide bonds. The molecule has 0 atom stereocenters. The number of pyridine rings is 1. The molecular formula is C18H19ClN2O4S. The Hall–Kier alpha value is -2.25. The largest absolute Gasteiger partial charge is 0.492 e. The minimum Gasteiger partial charge on any atom is -0.492 e. The molecule has 0 fully saturated rings. The average Bonchev–Trinajstić information content (AvgIpc) is 2.67. The van der Waals surface area contributed by atoms with Crippen LogP contribution in [0.15, 0.2) is 47.6 Å². The number of nitrogens with zero attached hydrogens (tertiary/aromatic N) is 2. The third-order valence-corrected chi connectivity index (χ3v) is 4.41. The van der Waals surface area contributed by atoms with Gasteiger partial charge >= 0.3 is 5.97 Å². The molecule has 0 radical (unpaired) electrons. The second-order valence-electron chi connectivity index (χ2n) is 5.25. The Balaban J connectivity index is 1.76. The van der Waals surface area contributed by atoms with E-state index in [0.29, 0.717) is 34.5 Å². The van der Waals surface area contributed by atoms with Crippen molar-refractivity contribution < 1.29 is 19.1 Å². The van der Waals surface area contributed by atoms with Gasteiger partial charge in [-0.25, -0.2) is 9.78 Å². The second-order valence-corrected chi connectivity index (χ2v) is 6.49. The summed E-state index contributed by atoms with van der Waals surface area (Å²) in [6.45, 7) is 0.345. The van der Waals surface area contributed by atoms with Crippen molar-refractivity contribution in [2.45, 2.75) is 5.03 Å². The van der Waals surface area contributed by atoms with Gasteiger partial charge in [0.2, 0.25) is 0 Å². The zero-order valence-corrected chi connectivity index (χ0v) is 16.0. The fourth-order valence-corrected chi connectivity index (χ4v) is 2.64. The molecule has 26 heavy (non-hydrogen) atoms. The van der Waals surface area contributed by atoms with E-state index in [-0.39, 0.29) is 12.5 Å². The van der Waals surface area contributed by atoms with Crippen LogP contribution in [0, 0.1) is 0 Å². The van der Waals surface area contributed by atoms with Crippen LogP contribution in [0.4, 0.5) is 0 Å². The molecule has 1 aromatic heterocycles. The fraction of sp³-hybridized carbons (Fsp3) is 0.278. The van der Waals surface area contributed by atoms with E-state index in [9.17, 15) is 9.59 Å². The molecule has 8 heteroatoms. The number of rotatable bonds is 8. The summed E-state index contributed by atoms with van der Waals surface area (Å²) in [5, 5.41) is 1.19. The minimum atomic E-state index is -0.568. The SMILES string of the molecule is CSc1ncccc1C(=O)OCC(=O)N(C)CCOc1ccc(Cl)cc1. The van der Waals surface area contributed by atoms with E-state index in [4.69, 9.17) is 21.1 Å². The molecular weight excluding hydrogens is 376 g/mol. The highest BCUT2D eigenvalue weighted by Crippen LogP contribution is 2.17. The first-order chi connectivity index (χ1) is 12.5. The summed E-state index contributed by atoms with van der Waals surface area (Å²) < 4.78 is 10.6. The maximum absolute atomic E-state index is 12.1. The van der Waals surface area contributed by atoms with Gasteiger partial charge in [-0.15, -0.1) is 11.8 Å². The Morgan fingerprint density at radius 2 is 1.96 bits per heavy atom. The first-order valence-electron chi connectivity index (χ1n) is 7.79. The minimum absolute atomic E-state index is 0.312. The second kappa shape index (κ2) is 10.0. The summed E-state index contributed by atoms with van der Waals surface area (Å²) in [6.07, 6.45) is 3.42. The normalized spacial score (nSPS) is 10.3. The Kier molecular flexibility index (Phi) is 7.74. The highest BCUT2D eigenvalue weighted by Gasteiger charge is 2.16. The third kappa shape index (κ3) is 5.93. The van der Waals surface area contributed by atoms with Crippen molar-refractivity contribution in [1.82, 2.24) is 9.88 Å². The number of hydrogen-bond acceptors (Lipinski definition) is 6. The van der Waals surface area contributed by atoms with E-state index in [0.717, 1.165) is 0 Å². The van der Waals surface area contributed by atoms with Crippen molar-refractivity contribution in [3.63, 3.8) is 0 Å². The standard InChI is InChI=1S/C18H19ClN2O4S/c1-21(10-11-24-14-7-5-13(19)6-8-14)16(22)12-25-18(23)15-4-3-9-20-17(15)26-2/h3-9H,10-12H2,1-2H3. The van der Waals surface area contributed by atoms with Crippen LogP contribution in [0.25, 0.3) is 0 Å². The summed E-state index contributed by atoms with van der Waals surface area (Å²) in [7, 11) is 1.62. The topological polar surface area (TPSA) is 68.7 Å². The van der Waals surface area contributed by atoms with Crippen LogP contribution >= 0.6 is 23.4 Å². The van der Waals surface area contributed by atoms with E-state index < -0.39 is 5.97 Å². The number of aromatic nitrogens is 1. The van der Waals surface area contributed by atoms with E-state index in [1.54, 1.807) is 49.6 Å². The summed E-state index contributed by atoms with van der Waals surface area (Å²) >= 11 is 7.15. The van der Waals surface area contributed by atoms with Gasteiger partial charge in [-0.1, -0.05) is 11.6 Å². The van der Waals surface area contributed by atoms with Crippen LogP contribution in [-0.2, 0) is 9.53 Å². The van der Waals surface area contributed by atoms with Crippen LogP contribution < -0.4 is 4.74 Å². The predicted molar refractivity (Wildman–Crippen MR) is 101 cm³/mol. The number of thioether (sulfide) groups is 1. The molecule has 0 aliphatic carbocycles. The molecule has 2 aromatic rings. The molecule has 6 nitrogen and oxygen atoms in total. The van der Waals surface area contributed by atoms with Gasteiger partial charge in [-0.05, 0) is 42.7 Å². The number of esters is 1. The van der Waals surface area contributed by atoms with Crippen molar-refractivity contribution >= 4 is 35.2 Å². The highest BCUT2D eigenvalue weighted by molar-refractivity contribution is 7.98. The highest BCUT2D eigenvalue weighted by atomic mass is 35.5. The van der Waals surface area contributed by atoms with Gasteiger partial charge in [-0.3, -0.25) is 4.79 Å². The molecule has 0 aliphatic rings. The van der Waals surface area contributed by atoms with Gasteiger partial charge in [0.15, 0.2) is 6.61 Å². The molecule has 1 heterocycles. The van der Waals surface area contributed by atoms with Crippen LogP contribution in [-0.4, -0.2) is 54.8 Å². The Bertz CT molecular complexity index is 755. The molecule has 0 N–H and O–H groups in total. The van der Waals surface area contributed by atoms with Crippen molar-refractivity contribution in [2.75, 3.05) is 33.1 Å². The Morgan fingerprint density at radius 1 is 1.23 bits per heavy atom. The molecule has 138 valence electrons. The van der Waals surface area contributed by atoms with Crippen LogP contribution in [0.5, 0.6) is 5.75 Å².